The monoisotopic (exact) mass is 434 g/mol. The summed E-state index contributed by atoms with van der Waals surface area (Å²) in [6.45, 7) is 7.53. The second kappa shape index (κ2) is 9.41. The summed E-state index contributed by atoms with van der Waals surface area (Å²) in [6, 6.07) is 11.6. The van der Waals surface area contributed by atoms with E-state index < -0.39 is 10.0 Å². The van der Waals surface area contributed by atoms with E-state index in [1.807, 2.05) is 6.92 Å². The van der Waals surface area contributed by atoms with Crippen molar-refractivity contribution in [1.29, 1.82) is 0 Å². The Balaban J connectivity index is 1.57. The molecule has 1 amide bonds. The van der Waals surface area contributed by atoms with E-state index in [0.29, 0.717) is 23.2 Å². The van der Waals surface area contributed by atoms with Gasteiger partial charge in [-0.25, -0.2) is 8.42 Å². The molecule has 1 fully saturated rings. The summed E-state index contributed by atoms with van der Waals surface area (Å²) in [6.07, 6.45) is 3.06. The predicted octanol–water partition coefficient (Wildman–Crippen LogP) is 4.15. The minimum Gasteiger partial charge on any atom is -0.349 e. The molecule has 1 aliphatic heterocycles. The molecule has 2 heterocycles. The number of nitrogens with zero attached hydrogens (tertiary/aromatic N) is 1. The topological polar surface area (TPSA) is 66.5 Å². The first-order chi connectivity index (χ1) is 13.8. The molecule has 3 rings (SSSR count). The predicted molar refractivity (Wildman–Crippen MR) is 118 cm³/mol. The molecule has 7 heteroatoms. The zero-order valence-corrected chi connectivity index (χ0v) is 19.0. The molecule has 1 atom stereocenters. The number of hydrogen-bond donors (Lipinski definition) is 1. The largest absolute Gasteiger partial charge is 0.349 e. The van der Waals surface area contributed by atoms with Crippen molar-refractivity contribution in [2.45, 2.75) is 56.7 Å². The molecule has 0 aliphatic carbocycles. The lowest BCUT2D eigenvalue weighted by molar-refractivity contribution is -0.121. The van der Waals surface area contributed by atoms with Crippen LogP contribution in [0.25, 0.3) is 0 Å². The van der Waals surface area contributed by atoms with Crippen LogP contribution in [0.4, 0.5) is 0 Å². The second-order valence-electron chi connectivity index (χ2n) is 8.14. The van der Waals surface area contributed by atoms with Crippen LogP contribution < -0.4 is 5.32 Å². The standard InChI is InChI=1S/C22H30N2O3S2/c1-16(2)14-18-6-8-19(9-7-18)17(3)23-21(25)15-20-10-11-22(28-20)29(26,27)24-12-4-5-13-24/h6-11,16-17H,4-5,12-15H2,1-3H3,(H,23,25). The van der Waals surface area contributed by atoms with E-state index in [9.17, 15) is 13.2 Å². The van der Waals surface area contributed by atoms with Crippen LogP contribution in [0, 0.1) is 5.92 Å². The normalized spacial score (nSPS) is 16.3. The lowest BCUT2D eigenvalue weighted by Gasteiger charge is -2.15. The maximum Gasteiger partial charge on any atom is 0.252 e. The molecule has 1 N–H and O–H groups in total. The van der Waals surface area contributed by atoms with E-state index in [0.717, 1.165) is 29.7 Å². The number of hydrogen-bond acceptors (Lipinski definition) is 4. The third kappa shape index (κ3) is 5.68. The van der Waals surface area contributed by atoms with Crippen LogP contribution in [-0.4, -0.2) is 31.7 Å². The van der Waals surface area contributed by atoms with Gasteiger partial charge in [0.05, 0.1) is 12.5 Å². The number of benzene rings is 1. The highest BCUT2D eigenvalue weighted by Crippen LogP contribution is 2.27. The Labute approximate surface area is 178 Å². The number of rotatable bonds is 8. The quantitative estimate of drug-likeness (QED) is 0.679. The van der Waals surface area contributed by atoms with Gasteiger partial charge < -0.3 is 5.32 Å². The lowest BCUT2D eigenvalue weighted by Crippen LogP contribution is -2.28. The maximum absolute atomic E-state index is 12.6. The van der Waals surface area contributed by atoms with E-state index in [4.69, 9.17) is 0 Å². The van der Waals surface area contributed by atoms with Gasteiger partial charge in [-0.2, -0.15) is 4.31 Å². The van der Waals surface area contributed by atoms with Crippen LogP contribution in [0.2, 0.25) is 0 Å². The Morgan fingerprint density at radius 1 is 1.07 bits per heavy atom. The van der Waals surface area contributed by atoms with Gasteiger partial charge in [0.25, 0.3) is 10.0 Å². The van der Waals surface area contributed by atoms with Crippen LogP contribution in [0.5, 0.6) is 0 Å². The zero-order chi connectivity index (χ0) is 21.0. The number of sulfonamides is 1. The first kappa shape index (κ1) is 22.0. The number of carbonyl (C=O) groups excluding carboxylic acids is 1. The van der Waals surface area contributed by atoms with Gasteiger partial charge in [0.1, 0.15) is 4.21 Å². The van der Waals surface area contributed by atoms with Gasteiger partial charge in [0.2, 0.25) is 5.91 Å². The first-order valence-corrected chi connectivity index (χ1v) is 12.5. The Morgan fingerprint density at radius 3 is 2.34 bits per heavy atom. The minimum atomic E-state index is -3.41. The molecule has 1 aromatic carbocycles. The highest BCUT2D eigenvalue weighted by Gasteiger charge is 2.28. The average molecular weight is 435 g/mol. The fourth-order valence-corrected chi connectivity index (χ4v) is 6.62. The van der Waals surface area contributed by atoms with Gasteiger partial charge in [-0.15, -0.1) is 11.3 Å². The molecular formula is C22H30N2O3S2. The molecular weight excluding hydrogens is 404 g/mol. The van der Waals surface area contributed by atoms with Gasteiger partial charge in [-0.1, -0.05) is 38.1 Å². The minimum absolute atomic E-state index is 0.0941. The number of carbonyl (C=O) groups is 1. The van der Waals surface area contributed by atoms with Crippen LogP contribution in [0.1, 0.15) is 55.7 Å². The van der Waals surface area contributed by atoms with E-state index in [1.54, 1.807) is 12.1 Å². The molecule has 0 spiro atoms. The molecule has 1 aliphatic rings. The van der Waals surface area contributed by atoms with Gasteiger partial charge in [-0.05, 0) is 55.4 Å². The second-order valence-corrected chi connectivity index (χ2v) is 11.5. The summed E-state index contributed by atoms with van der Waals surface area (Å²) < 4.78 is 27.1. The van der Waals surface area contributed by atoms with E-state index in [-0.39, 0.29) is 18.4 Å². The maximum atomic E-state index is 12.6. The molecule has 5 nitrogen and oxygen atoms in total. The van der Waals surface area contributed by atoms with Crippen molar-refractivity contribution in [3.05, 3.63) is 52.4 Å². The Morgan fingerprint density at radius 2 is 1.72 bits per heavy atom. The number of amides is 1. The van der Waals surface area contributed by atoms with Crippen LogP contribution >= 0.6 is 11.3 Å². The summed E-state index contributed by atoms with van der Waals surface area (Å²) in [4.78, 5) is 13.2. The summed E-state index contributed by atoms with van der Waals surface area (Å²) in [5.74, 6) is 0.513. The van der Waals surface area contributed by atoms with Crippen molar-refractivity contribution >= 4 is 27.3 Å². The van der Waals surface area contributed by atoms with Crippen molar-refractivity contribution in [1.82, 2.24) is 9.62 Å². The zero-order valence-electron chi connectivity index (χ0n) is 17.3. The van der Waals surface area contributed by atoms with Gasteiger partial charge in [0, 0.05) is 18.0 Å². The molecule has 0 saturated carbocycles. The van der Waals surface area contributed by atoms with Crippen LogP contribution in [-0.2, 0) is 27.7 Å². The first-order valence-electron chi connectivity index (χ1n) is 10.2. The van der Waals surface area contributed by atoms with Crippen molar-refractivity contribution in [3.63, 3.8) is 0 Å². The average Bonchev–Trinajstić information content (AvgIpc) is 3.34. The van der Waals surface area contributed by atoms with Crippen LogP contribution in [0.15, 0.2) is 40.6 Å². The van der Waals surface area contributed by atoms with Crippen molar-refractivity contribution in [2.24, 2.45) is 5.92 Å². The fraction of sp³-hybridized carbons (Fsp3) is 0.500. The highest BCUT2D eigenvalue weighted by molar-refractivity contribution is 7.91. The van der Waals surface area contributed by atoms with Gasteiger partial charge >= 0.3 is 0 Å². The molecule has 0 bridgehead atoms. The van der Waals surface area contributed by atoms with Crippen LogP contribution in [0.3, 0.4) is 0 Å². The third-order valence-electron chi connectivity index (χ3n) is 5.13. The molecule has 29 heavy (non-hydrogen) atoms. The van der Waals surface area contributed by atoms with Crippen molar-refractivity contribution < 1.29 is 13.2 Å². The molecule has 0 radical (unpaired) electrons. The van der Waals surface area contributed by atoms with Crippen molar-refractivity contribution in [2.75, 3.05) is 13.1 Å². The molecule has 158 valence electrons. The van der Waals surface area contributed by atoms with Gasteiger partial charge in [-0.3, -0.25) is 4.79 Å². The van der Waals surface area contributed by atoms with E-state index >= 15 is 0 Å². The number of thiophene rings is 1. The van der Waals surface area contributed by atoms with E-state index in [2.05, 4.69) is 43.4 Å². The highest BCUT2D eigenvalue weighted by atomic mass is 32.2. The molecule has 1 unspecified atom stereocenters. The summed E-state index contributed by atoms with van der Waals surface area (Å²) >= 11 is 1.20. The molecule has 2 aromatic rings. The smallest absolute Gasteiger partial charge is 0.252 e. The SMILES string of the molecule is CC(C)Cc1ccc(C(C)NC(=O)Cc2ccc(S(=O)(=O)N3CCCC3)s2)cc1. The van der Waals surface area contributed by atoms with Gasteiger partial charge in [0.15, 0.2) is 0 Å². The summed E-state index contributed by atoms with van der Waals surface area (Å²) in [5, 5.41) is 3.02. The number of nitrogens with one attached hydrogen (secondary N) is 1. The Hall–Kier alpha value is -1.70. The lowest BCUT2D eigenvalue weighted by atomic mass is 10.00. The Bertz CT molecular complexity index is 927. The summed E-state index contributed by atoms with van der Waals surface area (Å²) in [5.41, 5.74) is 2.36. The summed E-state index contributed by atoms with van der Waals surface area (Å²) in [7, 11) is -3.41. The molecule has 1 saturated heterocycles. The van der Waals surface area contributed by atoms with E-state index in [1.165, 1.54) is 21.2 Å². The molecule has 1 aromatic heterocycles. The Kier molecular flexibility index (Phi) is 7.14. The fourth-order valence-electron chi connectivity index (χ4n) is 3.60. The third-order valence-corrected chi connectivity index (χ3v) is 8.58. The van der Waals surface area contributed by atoms with Crippen molar-refractivity contribution in [3.8, 4) is 0 Å².